The number of carbonyl (C=O) groups excluding carboxylic acids is 3. The van der Waals surface area contributed by atoms with Crippen molar-refractivity contribution in [3.8, 4) is 0 Å². The summed E-state index contributed by atoms with van der Waals surface area (Å²) in [5, 5.41) is 16.2. The SMILES string of the molecule is CCCNC(=O)[C@H]1[C@@H]2OC3(CC2Br)C(C(=O)NC(C)CCC)N([C@@H](CO)CC(C)C)C(=O)[C@H]13. The second kappa shape index (κ2) is 10.6. The van der Waals surface area contributed by atoms with Gasteiger partial charge in [0.25, 0.3) is 0 Å². The summed E-state index contributed by atoms with van der Waals surface area (Å²) in [7, 11) is 0. The predicted octanol–water partition coefficient (Wildman–Crippen LogP) is 1.97. The Morgan fingerprint density at radius 2 is 1.94 bits per heavy atom. The van der Waals surface area contributed by atoms with E-state index in [0.29, 0.717) is 19.4 Å². The number of fused-ring (bicyclic) bond motifs is 1. The number of nitrogens with one attached hydrogen (secondary N) is 2. The van der Waals surface area contributed by atoms with Gasteiger partial charge >= 0.3 is 0 Å². The summed E-state index contributed by atoms with van der Waals surface area (Å²) in [6.45, 7) is 10.3. The predicted molar refractivity (Wildman–Crippen MR) is 129 cm³/mol. The minimum Gasteiger partial charge on any atom is -0.394 e. The highest BCUT2D eigenvalue weighted by molar-refractivity contribution is 9.09. The third-order valence-corrected chi connectivity index (χ3v) is 8.13. The van der Waals surface area contributed by atoms with E-state index in [1.807, 2.05) is 27.7 Å². The fourth-order valence-corrected chi connectivity index (χ4v) is 7.02. The first kappa shape index (κ1) is 26.4. The molecule has 3 amide bonds. The lowest BCUT2D eigenvalue weighted by atomic mass is 9.70. The highest BCUT2D eigenvalue weighted by atomic mass is 79.9. The monoisotopic (exact) mass is 529 g/mol. The summed E-state index contributed by atoms with van der Waals surface area (Å²) in [5.74, 6) is -1.88. The van der Waals surface area contributed by atoms with Crippen LogP contribution in [0.4, 0.5) is 0 Å². The molecule has 0 aliphatic carbocycles. The number of hydrogen-bond acceptors (Lipinski definition) is 5. The van der Waals surface area contributed by atoms with Gasteiger partial charge in [-0.2, -0.15) is 0 Å². The highest BCUT2D eigenvalue weighted by Crippen LogP contribution is 2.60. The lowest BCUT2D eigenvalue weighted by Crippen LogP contribution is -2.59. The van der Waals surface area contributed by atoms with Crippen LogP contribution in [0.15, 0.2) is 0 Å². The number of likely N-dealkylation sites (tertiary alicyclic amines) is 1. The molecule has 3 heterocycles. The summed E-state index contributed by atoms with van der Waals surface area (Å²) < 4.78 is 6.47. The third kappa shape index (κ3) is 4.69. The van der Waals surface area contributed by atoms with Gasteiger partial charge in [0.1, 0.15) is 11.6 Å². The summed E-state index contributed by atoms with van der Waals surface area (Å²) in [5.41, 5.74) is -1.08. The zero-order chi connectivity index (χ0) is 24.5. The molecule has 3 aliphatic heterocycles. The van der Waals surface area contributed by atoms with E-state index in [1.54, 1.807) is 4.90 Å². The first-order valence-electron chi connectivity index (χ1n) is 12.5. The molecular formula is C24H40BrN3O5. The van der Waals surface area contributed by atoms with Gasteiger partial charge in [-0.25, -0.2) is 0 Å². The Labute approximate surface area is 205 Å². The molecule has 0 aromatic rings. The van der Waals surface area contributed by atoms with Gasteiger partial charge in [-0.3, -0.25) is 14.4 Å². The molecule has 3 aliphatic rings. The third-order valence-electron chi connectivity index (χ3n) is 7.29. The number of alkyl halides is 1. The van der Waals surface area contributed by atoms with Crippen molar-refractivity contribution >= 4 is 33.7 Å². The lowest BCUT2D eigenvalue weighted by molar-refractivity contribution is -0.146. The molecule has 3 rings (SSSR count). The molecule has 0 saturated carbocycles. The van der Waals surface area contributed by atoms with Gasteiger partial charge in [0, 0.05) is 17.4 Å². The van der Waals surface area contributed by atoms with Crippen LogP contribution in [0.1, 0.15) is 66.7 Å². The molecule has 0 aromatic heterocycles. The summed E-state index contributed by atoms with van der Waals surface area (Å²) >= 11 is 3.67. The number of rotatable bonds is 11. The zero-order valence-corrected chi connectivity index (χ0v) is 22.1. The topological polar surface area (TPSA) is 108 Å². The number of ether oxygens (including phenoxy) is 1. The Hall–Kier alpha value is -1.19. The van der Waals surface area contributed by atoms with Crippen LogP contribution in [-0.4, -0.2) is 75.5 Å². The Morgan fingerprint density at radius 3 is 2.52 bits per heavy atom. The second-order valence-corrected chi connectivity index (χ2v) is 11.5. The number of carbonyl (C=O) groups is 3. The fourth-order valence-electron chi connectivity index (χ4n) is 6.07. The Morgan fingerprint density at radius 1 is 1.24 bits per heavy atom. The Balaban J connectivity index is 2.03. The van der Waals surface area contributed by atoms with E-state index >= 15 is 0 Å². The number of hydrogen-bond donors (Lipinski definition) is 3. The molecule has 8 atom stereocenters. The number of halogens is 1. The molecule has 33 heavy (non-hydrogen) atoms. The van der Waals surface area contributed by atoms with E-state index in [0.717, 1.165) is 19.3 Å². The Bertz CT molecular complexity index is 750. The van der Waals surface area contributed by atoms with E-state index in [4.69, 9.17) is 4.74 Å². The molecule has 3 saturated heterocycles. The van der Waals surface area contributed by atoms with Gasteiger partial charge in [0.2, 0.25) is 17.7 Å². The van der Waals surface area contributed by atoms with Crippen molar-refractivity contribution < 1.29 is 24.2 Å². The zero-order valence-electron chi connectivity index (χ0n) is 20.5. The minimum absolute atomic E-state index is 0.0467. The van der Waals surface area contributed by atoms with Crippen LogP contribution in [0.3, 0.4) is 0 Å². The molecular weight excluding hydrogens is 490 g/mol. The van der Waals surface area contributed by atoms with Gasteiger partial charge in [0.05, 0.1) is 30.6 Å². The van der Waals surface area contributed by atoms with Crippen LogP contribution in [0, 0.1) is 17.8 Å². The van der Waals surface area contributed by atoms with Crippen molar-refractivity contribution in [1.82, 2.24) is 15.5 Å². The molecule has 4 unspecified atom stereocenters. The molecule has 8 nitrogen and oxygen atoms in total. The Kier molecular flexibility index (Phi) is 8.49. The minimum atomic E-state index is -1.08. The average molecular weight is 531 g/mol. The molecule has 3 N–H and O–H groups in total. The first-order valence-corrected chi connectivity index (χ1v) is 13.4. The molecule has 0 aromatic carbocycles. The van der Waals surface area contributed by atoms with Crippen LogP contribution in [-0.2, 0) is 19.1 Å². The molecule has 9 heteroatoms. The van der Waals surface area contributed by atoms with Gasteiger partial charge < -0.3 is 25.4 Å². The van der Waals surface area contributed by atoms with E-state index in [1.165, 1.54) is 0 Å². The smallest absolute Gasteiger partial charge is 0.246 e. The molecule has 0 radical (unpaired) electrons. The van der Waals surface area contributed by atoms with Gasteiger partial charge in [-0.1, -0.05) is 50.0 Å². The van der Waals surface area contributed by atoms with E-state index < -0.39 is 35.6 Å². The normalized spacial score (nSPS) is 34.5. The first-order chi connectivity index (χ1) is 15.6. The molecule has 3 fully saturated rings. The average Bonchev–Trinajstić information content (AvgIpc) is 3.33. The van der Waals surface area contributed by atoms with Crippen LogP contribution >= 0.6 is 15.9 Å². The van der Waals surface area contributed by atoms with Crippen LogP contribution in [0.2, 0.25) is 0 Å². The van der Waals surface area contributed by atoms with Crippen molar-refractivity contribution in [2.24, 2.45) is 17.8 Å². The number of aliphatic hydroxyl groups is 1. The maximum atomic E-state index is 13.9. The van der Waals surface area contributed by atoms with Crippen molar-refractivity contribution in [3.63, 3.8) is 0 Å². The van der Waals surface area contributed by atoms with Crippen LogP contribution in [0.5, 0.6) is 0 Å². The van der Waals surface area contributed by atoms with Crippen molar-refractivity contribution in [3.05, 3.63) is 0 Å². The van der Waals surface area contributed by atoms with Crippen LogP contribution < -0.4 is 10.6 Å². The molecule has 188 valence electrons. The molecule has 1 spiro atoms. The number of amides is 3. The van der Waals surface area contributed by atoms with E-state index in [9.17, 15) is 19.5 Å². The maximum absolute atomic E-state index is 13.9. The maximum Gasteiger partial charge on any atom is 0.246 e. The van der Waals surface area contributed by atoms with Gasteiger partial charge in [-0.15, -0.1) is 0 Å². The highest BCUT2D eigenvalue weighted by Gasteiger charge is 2.77. The van der Waals surface area contributed by atoms with Crippen molar-refractivity contribution in [1.29, 1.82) is 0 Å². The summed E-state index contributed by atoms with van der Waals surface area (Å²) in [4.78, 5) is 42.2. The van der Waals surface area contributed by atoms with E-state index in [-0.39, 0.29) is 41.1 Å². The van der Waals surface area contributed by atoms with Crippen molar-refractivity contribution in [2.45, 2.75) is 101 Å². The van der Waals surface area contributed by atoms with Crippen molar-refractivity contribution in [2.75, 3.05) is 13.2 Å². The van der Waals surface area contributed by atoms with Gasteiger partial charge in [0.15, 0.2) is 0 Å². The summed E-state index contributed by atoms with van der Waals surface area (Å²) in [6.07, 6.45) is 3.12. The fraction of sp³-hybridized carbons (Fsp3) is 0.875. The molecule has 2 bridgehead atoms. The largest absolute Gasteiger partial charge is 0.394 e. The second-order valence-electron chi connectivity index (χ2n) is 10.4. The van der Waals surface area contributed by atoms with E-state index in [2.05, 4.69) is 33.5 Å². The summed E-state index contributed by atoms with van der Waals surface area (Å²) in [6, 6.07) is -1.43. The standard InChI is InChI=1S/C24H40BrN3O5/c1-6-8-14(5)27-22(31)20-24-11-16(25)19(33-24)17(21(30)26-9-7-2)18(24)23(32)28(20)15(12-29)10-13(3)4/h13-20,29H,6-12H2,1-5H3,(H,26,30)(H,27,31)/t14?,15-,16?,17-,18+,19-,20?,24?/m1/s1. The number of aliphatic hydroxyl groups excluding tert-OH is 1. The number of nitrogens with zero attached hydrogens (tertiary/aromatic N) is 1. The quantitative estimate of drug-likeness (QED) is 0.354. The van der Waals surface area contributed by atoms with Crippen LogP contribution in [0.25, 0.3) is 0 Å². The van der Waals surface area contributed by atoms with Gasteiger partial charge in [-0.05, 0) is 38.5 Å². The lowest BCUT2D eigenvalue weighted by Gasteiger charge is -2.38.